The summed E-state index contributed by atoms with van der Waals surface area (Å²) in [6.07, 6.45) is 0.248. The number of hydrogen-bond acceptors (Lipinski definition) is 4. The van der Waals surface area contributed by atoms with Crippen molar-refractivity contribution in [2.45, 2.75) is 37.3 Å². The van der Waals surface area contributed by atoms with E-state index in [2.05, 4.69) is 23.5 Å². The lowest BCUT2D eigenvalue weighted by molar-refractivity contribution is 0.111. The minimum absolute atomic E-state index is 0.121. The molecule has 23 heavy (non-hydrogen) atoms. The first-order valence-corrected chi connectivity index (χ1v) is 9.42. The predicted molar refractivity (Wildman–Crippen MR) is 87.4 cm³/mol. The van der Waals surface area contributed by atoms with E-state index in [4.69, 9.17) is 11.6 Å². The lowest BCUT2D eigenvalue weighted by Crippen LogP contribution is -2.41. The Morgan fingerprint density at radius 1 is 1.48 bits per heavy atom. The van der Waals surface area contributed by atoms with E-state index < -0.39 is 21.9 Å². The van der Waals surface area contributed by atoms with Gasteiger partial charge < -0.3 is 5.11 Å². The average molecular weight is 365 g/mol. The van der Waals surface area contributed by atoms with Gasteiger partial charge in [0.2, 0.25) is 10.0 Å². The van der Waals surface area contributed by atoms with Gasteiger partial charge in [0.15, 0.2) is 0 Å². The molecule has 0 spiro atoms. The van der Waals surface area contributed by atoms with Crippen molar-refractivity contribution in [1.29, 1.82) is 0 Å². The van der Waals surface area contributed by atoms with Crippen molar-refractivity contribution < 1.29 is 17.9 Å². The van der Waals surface area contributed by atoms with Crippen molar-refractivity contribution in [2.75, 3.05) is 19.6 Å². The molecule has 1 aromatic rings. The zero-order chi connectivity index (χ0) is 17.2. The molecule has 1 fully saturated rings. The zero-order valence-corrected chi connectivity index (χ0v) is 14.7. The standard InChI is InChI=1S/C15H22ClFN2O3S/c1-10-5-11(2)19(8-10)9-12(20)7-18-23(21,22)13-3-4-14(16)15(17)6-13/h3-4,6,10-12,18,20H,5,7-9H2,1-2H3/t10?,11?,12-/m1/s1. The predicted octanol–water partition coefficient (Wildman–Crippen LogP) is 1.85. The molecule has 0 aromatic heterocycles. The molecule has 2 rings (SSSR count). The van der Waals surface area contributed by atoms with E-state index in [0.717, 1.165) is 19.0 Å². The number of benzene rings is 1. The maximum atomic E-state index is 13.4. The van der Waals surface area contributed by atoms with Crippen LogP contribution in [0, 0.1) is 11.7 Å². The Morgan fingerprint density at radius 2 is 2.17 bits per heavy atom. The molecule has 1 aromatic carbocycles. The maximum Gasteiger partial charge on any atom is 0.240 e. The minimum Gasteiger partial charge on any atom is -0.390 e. The van der Waals surface area contributed by atoms with Crippen LogP contribution in [0.3, 0.4) is 0 Å². The maximum absolute atomic E-state index is 13.4. The van der Waals surface area contributed by atoms with E-state index in [9.17, 15) is 17.9 Å². The average Bonchev–Trinajstić information content (AvgIpc) is 2.77. The lowest BCUT2D eigenvalue weighted by atomic mass is 10.1. The van der Waals surface area contributed by atoms with Crippen LogP contribution in [0.5, 0.6) is 0 Å². The van der Waals surface area contributed by atoms with Gasteiger partial charge in [0, 0.05) is 25.7 Å². The highest BCUT2D eigenvalue weighted by molar-refractivity contribution is 7.89. The molecule has 1 aliphatic heterocycles. The number of aliphatic hydroxyl groups excluding tert-OH is 1. The van der Waals surface area contributed by atoms with Crippen LogP contribution in [0.4, 0.5) is 4.39 Å². The molecule has 5 nitrogen and oxygen atoms in total. The molecule has 2 unspecified atom stereocenters. The van der Waals surface area contributed by atoms with Gasteiger partial charge in [0.05, 0.1) is 16.0 Å². The fourth-order valence-electron chi connectivity index (χ4n) is 2.91. The number of likely N-dealkylation sites (tertiary alicyclic amines) is 1. The largest absolute Gasteiger partial charge is 0.390 e. The monoisotopic (exact) mass is 364 g/mol. The summed E-state index contributed by atoms with van der Waals surface area (Å²) in [6, 6.07) is 3.66. The fraction of sp³-hybridized carbons (Fsp3) is 0.600. The number of nitrogens with zero attached hydrogens (tertiary/aromatic N) is 1. The molecular formula is C15H22ClFN2O3S. The molecule has 130 valence electrons. The Morgan fingerprint density at radius 3 is 2.74 bits per heavy atom. The summed E-state index contributed by atoms with van der Waals surface area (Å²) in [5.74, 6) is -0.221. The van der Waals surface area contributed by atoms with Crippen LogP contribution in [0.15, 0.2) is 23.1 Å². The van der Waals surface area contributed by atoms with Crippen molar-refractivity contribution in [3.05, 3.63) is 29.0 Å². The first-order valence-electron chi connectivity index (χ1n) is 7.56. The SMILES string of the molecule is CC1CC(C)N(C[C@H](O)CNS(=O)(=O)c2ccc(Cl)c(F)c2)C1. The van der Waals surface area contributed by atoms with E-state index >= 15 is 0 Å². The second-order valence-corrected chi connectivity index (χ2v) is 8.40. The molecule has 0 amide bonds. The van der Waals surface area contributed by atoms with E-state index in [1.165, 1.54) is 12.1 Å². The number of halogens is 2. The molecule has 2 N–H and O–H groups in total. The van der Waals surface area contributed by atoms with Crippen molar-refractivity contribution >= 4 is 21.6 Å². The first kappa shape index (κ1) is 18.6. The van der Waals surface area contributed by atoms with E-state index in [1.54, 1.807) is 0 Å². The number of β-amino-alcohol motifs (C(OH)–C–C–N with tert-alkyl or cyclic N) is 1. The number of hydrogen-bond donors (Lipinski definition) is 2. The Hall–Kier alpha value is -0.730. The highest BCUT2D eigenvalue weighted by atomic mass is 35.5. The van der Waals surface area contributed by atoms with Crippen molar-refractivity contribution in [2.24, 2.45) is 5.92 Å². The molecule has 3 atom stereocenters. The zero-order valence-electron chi connectivity index (χ0n) is 13.2. The van der Waals surface area contributed by atoms with Gasteiger partial charge >= 0.3 is 0 Å². The summed E-state index contributed by atoms with van der Waals surface area (Å²) in [4.78, 5) is 1.93. The Labute approximate surface area is 141 Å². The second kappa shape index (κ2) is 7.44. The van der Waals surface area contributed by atoms with E-state index in [1.807, 2.05) is 0 Å². The highest BCUT2D eigenvalue weighted by Crippen LogP contribution is 2.22. The van der Waals surface area contributed by atoms with Gasteiger partial charge in [-0.05, 0) is 37.5 Å². The summed E-state index contributed by atoms with van der Waals surface area (Å²) in [5.41, 5.74) is 0. The number of rotatable bonds is 6. The molecule has 0 bridgehead atoms. The Balaban J connectivity index is 1.92. The van der Waals surface area contributed by atoms with Crippen LogP contribution in [-0.4, -0.2) is 50.2 Å². The number of sulfonamides is 1. The summed E-state index contributed by atoms with van der Waals surface area (Å²) in [7, 11) is -3.88. The third kappa shape index (κ3) is 4.87. The fourth-order valence-corrected chi connectivity index (χ4v) is 4.11. The van der Waals surface area contributed by atoms with Crippen LogP contribution in [0.25, 0.3) is 0 Å². The summed E-state index contributed by atoms with van der Waals surface area (Å²) < 4.78 is 39.9. The summed E-state index contributed by atoms with van der Waals surface area (Å²) in [5, 5.41) is 9.92. The quantitative estimate of drug-likeness (QED) is 0.808. The second-order valence-electron chi connectivity index (χ2n) is 6.23. The van der Waals surface area contributed by atoms with Crippen molar-refractivity contribution in [3.8, 4) is 0 Å². The molecule has 8 heteroatoms. The third-order valence-corrected chi connectivity index (χ3v) is 5.80. The molecule has 0 aliphatic carbocycles. The van der Waals surface area contributed by atoms with Crippen LogP contribution >= 0.6 is 11.6 Å². The van der Waals surface area contributed by atoms with Gasteiger partial charge in [-0.3, -0.25) is 4.90 Å². The molecule has 1 aliphatic rings. The Kier molecular flexibility index (Phi) is 6.02. The number of nitrogens with one attached hydrogen (secondary N) is 1. The lowest BCUT2D eigenvalue weighted by Gasteiger charge is -2.24. The molecule has 0 radical (unpaired) electrons. The number of aliphatic hydroxyl groups is 1. The van der Waals surface area contributed by atoms with Crippen LogP contribution in [-0.2, 0) is 10.0 Å². The summed E-state index contributed by atoms with van der Waals surface area (Å²) in [6.45, 7) is 5.43. The molecular weight excluding hydrogens is 343 g/mol. The normalized spacial score (nSPS) is 24.0. The van der Waals surface area contributed by atoms with E-state index in [0.29, 0.717) is 18.5 Å². The Bertz CT molecular complexity index is 656. The topological polar surface area (TPSA) is 69.6 Å². The molecule has 1 heterocycles. The van der Waals surface area contributed by atoms with Crippen LogP contribution in [0.1, 0.15) is 20.3 Å². The van der Waals surface area contributed by atoms with Gasteiger partial charge in [-0.1, -0.05) is 18.5 Å². The highest BCUT2D eigenvalue weighted by Gasteiger charge is 2.28. The van der Waals surface area contributed by atoms with Gasteiger partial charge in [-0.15, -0.1) is 0 Å². The minimum atomic E-state index is -3.88. The van der Waals surface area contributed by atoms with Crippen molar-refractivity contribution in [3.63, 3.8) is 0 Å². The van der Waals surface area contributed by atoms with E-state index in [-0.39, 0.29) is 16.5 Å². The van der Waals surface area contributed by atoms with Crippen molar-refractivity contribution in [1.82, 2.24) is 9.62 Å². The first-order chi connectivity index (χ1) is 10.7. The van der Waals surface area contributed by atoms with Gasteiger partial charge in [0.25, 0.3) is 0 Å². The smallest absolute Gasteiger partial charge is 0.240 e. The molecule has 1 saturated heterocycles. The van der Waals surface area contributed by atoms with Crippen LogP contribution in [0.2, 0.25) is 5.02 Å². The molecule has 0 saturated carbocycles. The van der Waals surface area contributed by atoms with Gasteiger partial charge in [-0.25, -0.2) is 17.5 Å². The van der Waals surface area contributed by atoms with Gasteiger partial charge in [0.1, 0.15) is 5.82 Å². The van der Waals surface area contributed by atoms with Gasteiger partial charge in [-0.2, -0.15) is 0 Å². The third-order valence-electron chi connectivity index (χ3n) is 4.07. The van der Waals surface area contributed by atoms with Crippen LogP contribution < -0.4 is 4.72 Å². The summed E-state index contributed by atoms with van der Waals surface area (Å²) >= 11 is 5.54.